The van der Waals surface area contributed by atoms with E-state index in [0.717, 1.165) is 6.07 Å². The number of hydrogen-bond acceptors (Lipinski definition) is 4. The Morgan fingerprint density at radius 1 is 1.50 bits per heavy atom. The van der Waals surface area contributed by atoms with Crippen molar-refractivity contribution >= 4 is 9.84 Å². The summed E-state index contributed by atoms with van der Waals surface area (Å²) in [6.45, 7) is 1.74. The predicted octanol–water partition coefficient (Wildman–Crippen LogP) is 1.49. The third kappa shape index (κ3) is 2.88. The van der Waals surface area contributed by atoms with Gasteiger partial charge in [0.1, 0.15) is 11.6 Å². The first-order chi connectivity index (χ1) is 8.37. The van der Waals surface area contributed by atoms with E-state index in [-0.39, 0.29) is 23.6 Å². The van der Waals surface area contributed by atoms with Crippen LogP contribution in [0.5, 0.6) is 5.75 Å². The van der Waals surface area contributed by atoms with Gasteiger partial charge in [-0.25, -0.2) is 12.8 Å². The van der Waals surface area contributed by atoms with Crippen LogP contribution in [0.25, 0.3) is 0 Å². The molecule has 0 saturated carbocycles. The lowest BCUT2D eigenvalue weighted by molar-refractivity contribution is 0.462. The second-order valence-corrected chi connectivity index (χ2v) is 6.29. The fourth-order valence-electron chi connectivity index (χ4n) is 1.96. The Balaban J connectivity index is 2.09. The lowest BCUT2D eigenvalue weighted by Crippen LogP contribution is -2.32. The summed E-state index contributed by atoms with van der Waals surface area (Å²) in [4.78, 5) is 0. The van der Waals surface area contributed by atoms with Crippen LogP contribution in [0.15, 0.2) is 29.7 Å². The van der Waals surface area contributed by atoms with Gasteiger partial charge < -0.3 is 10.4 Å². The van der Waals surface area contributed by atoms with E-state index in [4.69, 9.17) is 5.11 Å². The summed E-state index contributed by atoms with van der Waals surface area (Å²) in [7, 11) is -3.12. The largest absolute Gasteiger partial charge is 0.508 e. The highest BCUT2D eigenvalue weighted by molar-refractivity contribution is 7.94. The molecule has 0 saturated heterocycles. The molecule has 18 heavy (non-hydrogen) atoms. The minimum Gasteiger partial charge on any atom is -0.508 e. The molecule has 6 heteroatoms. The molecule has 2 N–H and O–H groups in total. The Morgan fingerprint density at radius 3 is 2.78 bits per heavy atom. The molecule has 1 aliphatic rings. The molecular formula is C12H14FNO3S. The fourth-order valence-corrected chi connectivity index (χ4v) is 3.21. The molecule has 2 rings (SSSR count). The van der Waals surface area contributed by atoms with Crippen LogP contribution >= 0.6 is 0 Å². The van der Waals surface area contributed by atoms with Crippen molar-refractivity contribution in [1.82, 2.24) is 5.32 Å². The minimum atomic E-state index is -3.12. The van der Waals surface area contributed by atoms with Gasteiger partial charge in [-0.3, -0.25) is 0 Å². The highest BCUT2D eigenvalue weighted by Gasteiger charge is 2.23. The van der Waals surface area contributed by atoms with Crippen LogP contribution < -0.4 is 5.32 Å². The summed E-state index contributed by atoms with van der Waals surface area (Å²) in [6.07, 6.45) is 1.56. The molecule has 0 bridgehead atoms. The first-order valence-corrected chi connectivity index (χ1v) is 7.24. The van der Waals surface area contributed by atoms with Crippen molar-refractivity contribution in [3.05, 3.63) is 41.1 Å². The molecule has 0 radical (unpaired) electrons. The molecule has 1 aromatic rings. The lowest BCUT2D eigenvalue weighted by atomic mass is 10.1. The van der Waals surface area contributed by atoms with Crippen molar-refractivity contribution in [2.75, 3.05) is 5.75 Å². The molecule has 0 aliphatic carbocycles. The number of aromatic hydroxyl groups is 1. The van der Waals surface area contributed by atoms with Crippen LogP contribution in [-0.4, -0.2) is 25.3 Å². The molecule has 2 atom stereocenters. The van der Waals surface area contributed by atoms with E-state index in [1.54, 1.807) is 13.0 Å². The minimum absolute atomic E-state index is 0.00293. The maximum Gasteiger partial charge on any atom is 0.173 e. The van der Waals surface area contributed by atoms with Crippen LogP contribution in [0.4, 0.5) is 4.39 Å². The Kier molecular flexibility index (Phi) is 3.41. The topological polar surface area (TPSA) is 66.4 Å². The average molecular weight is 271 g/mol. The quantitative estimate of drug-likeness (QED) is 0.874. The molecule has 0 amide bonds. The zero-order chi connectivity index (χ0) is 13.3. The van der Waals surface area contributed by atoms with Gasteiger partial charge in [-0.1, -0.05) is 12.1 Å². The van der Waals surface area contributed by atoms with Gasteiger partial charge in [0.25, 0.3) is 0 Å². The lowest BCUT2D eigenvalue weighted by Gasteiger charge is -2.18. The summed E-state index contributed by atoms with van der Waals surface area (Å²) >= 11 is 0. The van der Waals surface area contributed by atoms with E-state index in [1.807, 2.05) is 0 Å². The number of nitrogens with one attached hydrogen (secondary N) is 1. The van der Waals surface area contributed by atoms with E-state index < -0.39 is 15.7 Å². The highest BCUT2D eigenvalue weighted by Crippen LogP contribution is 2.22. The van der Waals surface area contributed by atoms with Crippen molar-refractivity contribution in [2.45, 2.75) is 19.0 Å². The molecule has 0 spiro atoms. The van der Waals surface area contributed by atoms with E-state index >= 15 is 0 Å². The molecule has 98 valence electrons. The van der Waals surface area contributed by atoms with Gasteiger partial charge in [0.05, 0.1) is 5.75 Å². The smallest absolute Gasteiger partial charge is 0.173 e. The van der Waals surface area contributed by atoms with E-state index in [0.29, 0.717) is 5.56 Å². The maximum atomic E-state index is 13.6. The highest BCUT2D eigenvalue weighted by atomic mass is 32.2. The van der Waals surface area contributed by atoms with E-state index in [9.17, 15) is 12.8 Å². The normalized spacial score (nSPS) is 23.1. The van der Waals surface area contributed by atoms with Crippen LogP contribution in [0.2, 0.25) is 0 Å². The van der Waals surface area contributed by atoms with Crippen molar-refractivity contribution < 1.29 is 17.9 Å². The fraction of sp³-hybridized carbons (Fsp3) is 0.333. The van der Waals surface area contributed by atoms with Crippen molar-refractivity contribution in [1.29, 1.82) is 0 Å². The van der Waals surface area contributed by atoms with Gasteiger partial charge in [0.2, 0.25) is 0 Å². The Morgan fingerprint density at radius 2 is 2.22 bits per heavy atom. The molecule has 4 nitrogen and oxygen atoms in total. The van der Waals surface area contributed by atoms with Gasteiger partial charge in [0, 0.05) is 29.1 Å². The summed E-state index contributed by atoms with van der Waals surface area (Å²) in [5, 5.41) is 13.3. The van der Waals surface area contributed by atoms with E-state index in [1.165, 1.54) is 17.5 Å². The standard InChI is InChI=1S/C12H14FNO3S/c1-8(11-3-2-10(15)6-12(11)13)14-9-4-5-18(16,17)7-9/h2-6,8-9,14-15H,7H2,1H3. The number of phenols is 1. The predicted molar refractivity (Wildman–Crippen MR) is 66.3 cm³/mol. The SMILES string of the molecule is CC(NC1C=CS(=O)(=O)C1)c1ccc(O)cc1F. The van der Waals surface area contributed by atoms with Gasteiger partial charge in [0.15, 0.2) is 9.84 Å². The molecule has 2 unspecified atom stereocenters. The number of benzene rings is 1. The van der Waals surface area contributed by atoms with Gasteiger partial charge >= 0.3 is 0 Å². The van der Waals surface area contributed by atoms with Crippen molar-refractivity contribution in [3.63, 3.8) is 0 Å². The monoisotopic (exact) mass is 271 g/mol. The second-order valence-electron chi connectivity index (χ2n) is 4.36. The molecular weight excluding hydrogens is 257 g/mol. The number of halogens is 1. The molecule has 1 aromatic carbocycles. The van der Waals surface area contributed by atoms with Gasteiger partial charge in [-0.15, -0.1) is 0 Å². The zero-order valence-electron chi connectivity index (χ0n) is 9.80. The molecule has 1 heterocycles. The molecule has 0 aromatic heterocycles. The third-order valence-corrected chi connectivity index (χ3v) is 4.24. The van der Waals surface area contributed by atoms with Crippen LogP contribution in [0.1, 0.15) is 18.5 Å². The van der Waals surface area contributed by atoms with E-state index in [2.05, 4.69) is 5.32 Å². The Hall–Kier alpha value is -1.40. The maximum absolute atomic E-state index is 13.6. The van der Waals surface area contributed by atoms with Crippen molar-refractivity contribution in [2.24, 2.45) is 0 Å². The summed E-state index contributed by atoms with van der Waals surface area (Å²) < 4.78 is 36.1. The number of sulfone groups is 1. The van der Waals surface area contributed by atoms with Crippen LogP contribution in [-0.2, 0) is 9.84 Å². The summed E-state index contributed by atoms with van der Waals surface area (Å²) in [5.41, 5.74) is 0.394. The Labute approximate surface area is 105 Å². The summed E-state index contributed by atoms with van der Waals surface area (Å²) in [5.74, 6) is -0.650. The van der Waals surface area contributed by atoms with Gasteiger partial charge in [-0.05, 0) is 13.0 Å². The Bertz CT molecular complexity index is 583. The third-order valence-electron chi connectivity index (χ3n) is 2.84. The first-order valence-electron chi connectivity index (χ1n) is 5.53. The van der Waals surface area contributed by atoms with Crippen molar-refractivity contribution in [3.8, 4) is 5.75 Å². The molecule has 1 aliphatic heterocycles. The number of rotatable bonds is 3. The zero-order valence-corrected chi connectivity index (χ0v) is 10.6. The van der Waals surface area contributed by atoms with Crippen LogP contribution in [0.3, 0.4) is 0 Å². The molecule has 0 fully saturated rings. The van der Waals surface area contributed by atoms with Gasteiger partial charge in [-0.2, -0.15) is 0 Å². The number of hydrogen-bond donors (Lipinski definition) is 2. The second kappa shape index (κ2) is 4.70. The van der Waals surface area contributed by atoms with Crippen LogP contribution in [0, 0.1) is 5.82 Å². The summed E-state index contributed by atoms with van der Waals surface area (Å²) in [6, 6.07) is 3.27. The first kappa shape index (κ1) is 13.0. The average Bonchev–Trinajstić information content (AvgIpc) is 2.57. The number of phenolic OH excluding ortho intramolecular Hbond substituents is 1.